The van der Waals surface area contributed by atoms with Crippen LogP contribution in [-0.2, 0) is 6.42 Å². The molecule has 0 N–H and O–H groups in total. The summed E-state index contributed by atoms with van der Waals surface area (Å²) in [6.45, 7) is 2.84. The van der Waals surface area contributed by atoms with E-state index in [-0.39, 0.29) is 5.78 Å². The van der Waals surface area contributed by atoms with Gasteiger partial charge in [-0.15, -0.1) is 0 Å². The van der Waals surface area contributed by atoms with Crippen LogP contribution in [0.4, 0.5) is 0 Å². The molecule has 0 aliphatic rings. The maximum atomic E-state index is 13.2. The molecule has 0 unspecified atom stereocenters. The summed E-state index contributed by atoms with van der Waals surface area (Å²) in [5.41, 5.74) is 3.67. The van der Waals surface area contributed by atoms with Crippen LogP contribution >= 0.6 is 15.9 Å². The van der Waals surface area contributed by atoms with Gasteiger partial charge in [-0.25, -0.2) is 0 Å². The van der Waals surface area contributed by atoms with Gasteiger partial charge in [0.2, 0.25) is 5.78 Å². The molecule has 26 heavy (non-hydrogen) atoms. The van der Waals surface area contributed by atoms with Crippen molar-refractivity contribution in [1.29, 1.82) is 0 Å². The van der Waals surface area contributed by atoms with Crippen LogP contribution < -0.4 is 4.74 Å². The fourth-order valence-electron chi connectivity index (χ4n) is 3.08. The van der Waals surface area contributed by atoms with Crippen molar-refractivity contribution in [2.75, 3.05) is 11.9 Å². The number of ether oxygens (including phenoxy) is 1. The first-order valence-electron chi connectivity index (χ1n) is 9.17. The number of halogens is 1. The van der Waals surface area contributed by atoms with E-state index in [1.165, 1.54) is 0 Å². The summed E-state index contributed by atoms with van der Waals surface area (Å²) in [5, 5.41) is 0.922. The summed E-state index contributed by atoms with van der Waals surface area (Å²) >= 11 is 3.39. The Morgan fingerprint density at radius 2 is 1.92 bits per heavy atom. The molecule has 0 aliphatic heterocycles. The maximum absolute atomic E-state index is 13.2. The van der Waals surface area contributed by atoms with Crippen molar-refractivity contribution in [2.45, 2.75) is 32.6 Å². The van der Waals surface area contributed by atoms with Crippen LogP contribution in [0.5, 0.6) is 5.75 Å². The van der Waals surface area contributed by atoms with Crippen molar-refractivity contribution in [3.63, 3.8) is 0 Å². The van der Waals surface area contributed by atoms with Crippen molar-refractivity contribution in [3.8, 4) is 5.75 Å². The molecule has 0 saturated heterocycles. The molecule has 0 amide bonds. The Hall–Kier alpha value is -2.07. The number of aryl methyl sites for hydroxylation is 1. The number of nitrogens with zero attached hydrogens (tertiary/aromatic N) is 1. The van der Waals surface area contributed by atoms with Gasteiger partial charge in [0.25, 0.3) is 0 Å². The normalized spacial score (nSPS) is 11.0. The molecule has 0 saturated carbocycles. The largest absolute Gasteiger partial charge is 0.494 e. The molecule has 0 spiro atoms. The third-order valence-corrected chi connectivity index (χ3v) is 5.00. The topological polar surface area (TPSA) is 30.7 Å². The number of alkyl halides is 1. The lowest BCUT2D eigenvalue weighted by Gasteiger charge is -2.08. The number of aromatic nitrogens is 1. The van der Waals surface area contributed by atoms with Gasteiger partial charge in [0.15, 0.2) is 0 Å². The first-order valence-corrected chi connectivity index (χ1v) is 10.3. The Morgan fingerprint density at radius 3 is 2.65 bits per heavy atom. The molecule has 0 atom stereocenters. The van der Waals surface area contributed by atoms with E-state index >= 15 is 0 Å². The Labute approximate surface area is 163 Å². The highest BCUT2D eigenvalue weighted by Crippen LogP contribution is 2.23. The maximum Gasteiger partial charge on any atom is 0.210 e. The quantitative estimate of drug-likeness (QED) is 0.256. The second-order valence-corrected chi connectivity index (χ2v) is 7.15. The lowest BCUT2D eigenvalue weighted by Crippen LogP contribution is -2.08. The molecule has 4 heteroatoms. The highest BCUT2D eigenvalue weighted by atomic mass is 79.9. The molecular formula is C22H24BrNO2. The van der Waals surface area contributed by atoms with Crippen molar-refractivity contribution >= 4 is 27.2 Å². The molecular weight excluding hydrogens is 390 g/mol. The first kappa shape index (κ1) is 18.7. The van der Waals surface area contributed by atoms with Gasteiger partial charge in [0.1, 0.15) is 5.75 Å². The smallest absolute Gasteiger partial charge is 0.210 e. The monoisotopic (exact) mass is 413 g/mol. The summed E-state index contributed by atoms with van der Waals surface area (Å²) < 4.78 is 7.68. The minimum Gasteiger partial charge on any atom is -0.494 e. The Morgan fingerprint density at radius 1 is 1.12 bits per heavy atom. The van der Waals surface area contributed by atoms with Gasteiger partial charge in [-0.05, 0) is 67.3 Å². The van der Waals surface area contributed by atoms with E-state index in [9.17, 15) is 4.79 Å². The molecule has 3 aromatic rings. The van der Waals surface area contributed by atoms with Crippen LogP contribution in [0.2, 0.25) is 0 Å². The van der Waals surface area contributed by atoms with Crippen molar-refractivity contribution in [2.24, 2.45) is 0 Å². The third kappa shape index (κ3) is 4.18. The zero-order valence-electron chi connectivity index (χ0n) is 15.1. The van der Waals surface area contributed by atoms with Crippen molar-refractivity contribution < 1.29 is 9.53 Å². The van der Waals surface area contributed by atoms with E-state index in [0.717, 1.165) is 53.5 Å². The van der Waals surface area contributed by atoms with Gasteiger partial charge in [-0.2, -0.15) is 0 Å². The molecule has 0 aliphatic carbocycles. The molecule has 2 heterocycles. The SMILES string of the molecule is CCCCc1cc2ccccn2c1C(=O)c1ccc(OCCCBr)cc1. The standard InChI is InChI=1S/C22H24BrNO2/c1-2-3-7-18-16-19-8-4-5-14-24(19)21(18)22(25)17-9-11-20(12-10-17)26-15-6-13-23/h4-5,8-12,14,16H,2-3,6-7,13,15H2,1H3. The molecule has 136 valence electrons. The lowest BCUT2D eigenvalue weighted by atomic mass is 10.0. The average molecular weight is 414 g/mol. The molecule has 3 rings (SSSR count). The Balaban J connectivity index is 1.89. The van der Waals surface area contributed by atoms with Gasteiger partial charge in [-0.3, -0.25) is 4.79 Å². The lowest BCUT2D eigenvalue weighted by molar-refractivity contribution is 0.103. The van der Waals surface area contributed by atoms with E-state index in [1.807, 2.05) is 53.1 Å². The number of ketones is 1. The highest BCUT2D eigenvalue weighted by Gasteiger charge is 2.18. The Kier molecular flexibility index (Phi) is 6.51. The zero-order valence-corrected chi connectivity index (χ0v) is 16.7. The fraction of sp³-hybridized carbons (Fsp3) is 0.318. The van der Waals surface area contributed by atoms with E-state index < -0.39 is 0 Å². The first-order chi connectivity index (χ1) is 12.7. The van der Waals surface area contributed by atoms with Crippen LogP contribution in [-0.4, -0.2) is 22.1 Å². The summed E-state index contributed by atoms with van der Waals surface area (Å²) in [6.07, 6.45) is 6.04. The minimum absolute atomic E-state index is 0.0642. The predicted octanol–water partition coefficient (Wildman–Crippen LogP) is 5.68. The summed E-state index contributed by atoms with van der Waals surface area (Å²) in [7, 11) is 0. The van der Waals surface area contributed by atoms with Gasteiger partial charge >= 0.3 is 0 Å². The number of benzene rings is 1. The highest BCUT2D eigenvalue weighted by molar-refractivity contribution is 9.09. The Bertz CT molecular complexity index is 867. The van der Waals surface area contributed by atoms with E-state index in [0.29, 0.717) is 12.2 Å². The van der Waals surface area contributed by atoms with Gasteiger partial charge < -0.3 is 9.14 Å². The fourth-order valence-corrected chi connectivity index (χ4v) is 3.30. The summed E-state index contributed by atoms with van der Waals surface area (Å²) in [4.78, 5) is 13.2. The molecule has 2 aromatic heterocycles. The number of unbranched alkanes of at least 4 members (excludes halogenated alkanes) is 1. The van der Waals surface area contributed by atoms with Crippen molar-refractivity contribution in [1.82, 2.24) is 4.40 Å². The van der Waals surface area contributed by atoms with Crippen LogP contribution in [0, 0.1) is 0 Å². The number of pyridine rings is 1. The van der Waals surface area contributed by atoms with Gasteiger partial charge in [0, 0.05) is 22.6 Å². The van der Waals surface area contributed by atoms with E-state index in [2.05, 4.69) is 28.9 Å². The number of carbonyl (C=O) groups excluding carboxylic acids is 1. The molecule has 0 fully saturated rings. The zero-order chi connectivity index (χ0) is 18.4. The predicted molar refractivity (Wildman–Crippen MR) is 110 cm³/mol. The summed E-state index contributed by atoms with van der Waals surface area (Å²) in [5.74, 6) is 0.864. The second kappa shape index (κ2) is 9.04. The molecule has 0 bridgehead atoms. The summed E-state index contributed by atoms with van der Waals surface area (Å²) in [6, 6.07) is 15.6. The van der Waals surface area contributed by atoms with Crippen LogP contribution in [0.25, 0.3) is 5.52 Å². The van der Waals surface area contributed by atoms with Crippen LogP contribution in [0.1, 0.15) is 47.8 Å². The molecule has 1 aromatic carbocycles. The third-order valence-electron chi connectivity index (χ3n) is 4.44. The van der Waals surface area contributed by atoms with Gasteiger partial charge in [-0.1, -0.05) is 35.3 Å². The van der Waals surface area contributed by atoms with Crippen molar-refractivity contribution in [3.05, 3.63) is 71.5 Å². The second-order valence-electron chi connectivity index (χ2n) is 6.36. The minimum atomic E-state index is 0.0642. The van der Waals surface area contributed by atoms with Crippen LogP contribution in [0.3, 0.4) is 0 Å². The average Bonchev–Trinajstić information content (AvgIpc) is 3.05. The number of hydrogen-bond acceptors (Lipinski definition) is 2. The number of hydrogen-bond donors (Lipinski definition) is 0. The molecule has 3 nitrogen and oxygen atoms in total. The number of fused-ring (bicyclic) bond motifs is 1. The van der Waals surface area contributed by atoms with Crippen LogP contribution in [0.15, 0.2) is 54.7 Å². The number of rotatable bonds is 9. The van der Waals surface area contributed by atoms with Gasteiger partial charge in [0.05, 0.1) is 12.3 Å². The molecule has 0 radical (unpaired) electrons. The van der Waals surface area contributed by atoms with E-state index in [4.69, 9.17) is 4.74 Å². The number of carbonyl (C=O) groups is 1. The van der Waals surface area contributed by atoms with E-state index in [1.54, 1.807) is 0 Å².